The molecule has 2 aliphatic heterocycles. The lowest BCUT2D eigenvalue weighted by Crippen LogP contribution is -2.49. The summed E-state index contributed by atoms with van der Waals surface area (Å²) in [5, 5.41) is 3.24. The molecule has 5 nitrogen and oxygen atoms in total. The lowest BCUT2D eigenvalue weighted by atomic mass is 9.76. The summed E-state index contributed by atoms with van der Waals surface area (Å²) >= 11 is 0. The highest BCUT2D eigenvalue weighted by molar-refractivity contribution is 5.88. The summed E-state index contributed by atoms with van der Waals surface area (Å²) in [5.74, 6) is 0.751. The van der Waals surface area contributed by atoms with E-state index in [1.165, 1.54) is 19.0 Å². The second kappa shape index (κ2) is 5.60. The van der Waals surface area contributed by atoms with E-state index in [2.05, 4.69) is 15.3 Å². The molecular formula is C17H20FN3O2. The van der Waals surface area contributed by atoms with Crippen molar-refractivity contribution in [2.24, 2.45) is 5.92 Å². The molecule has 122 valence electrons. The summed E-state index contributed by atoms with van der Waals surface area (Å²) in [5.41, 5.74) is 1.33. The van der Waals surface area contributed by atoms with Crippen LogP contribution in [0.25, 0.3) is 11.0 Å². The van der Waals surface area contributed by atoms with Gasteiger partial charge in [-0.3, -0.25) is 4.98 Å². The van der Waals surface area contributed by atoms with Crippen LogP contribution in [0.1, 0.15) is 25.7 Å². The number of methoxy groups -OCH3 is 1. The zero-order chi connectivity index (χ0) is 15.9. The Morgan fingerprint density at radius 1 is 1.39 bits per heavy atom. The van der Waals surface area contributed by atoms with E-state index in [4.69, 9.17) is 9.47 Å². The molecule has 23 heavy (non-hydrogen) atoms. The molecule has 4 heterocycles. The Hall–Kier alpha value is -1.95. The van der Waals surface area contributed by atoms with E-state index in [9.17, 15) is 4.39 Å². The fraction of sp³-hybridized carbons (Fsp3) is 0.529. The molecule has 0 aromatic carbocycles. The van der Waals surface area contributed by atoms with E-state index in [0.717, 1.165) is 19.4 Å². The van der Waals surface area contributed by atoms with E-state index >= 15 is 0 Å². The Labute approximate surface area is 134 Å². The zero-order valence-electron chi connectivity index (χ0n) is 13.1. The van der Waals surface area contributed by atoms with Crippen LogP contribution in [-0.4, -0.2) is 35.8 Å². The second-order valence-corrected chi connectivity index (χ2v) is 6.49. The highest BCUT2D eigenvalue weighted by atomic mass is 19.1. The average Bonchev–Trinajstić information content (AvgIpc) is 2.62. The van der Waals surface area contributed by atoms with Crippen molar-refractivity contribution >= 4 is 16.7 Å². The summed E-state index contributed by atoms with van der Waals surface area (Å²) in [6, 6.07) is 3.51. The molecule has 1 saturated carbocycles. The van der Waals surface area contributed by atoms with Gasteiger partial charge >= 0.3 is 0 Å². The normalized spacial score (nSPS) is 26.4. The molecule has 0 atom stereocenters. The van der Waals surface area contributed by atoms with E-state index in [-0.39, 0.29) is 5.60 Å². The number of ether oxygens (including phenoxy) is 2. The minimum atomic E-state index is -0.404. The van der Waals surface area contributed by atoms with Crippen molar-refractivity contribution in [1.82, 2.24) is 9.97 Å². The van der Waals surface area contributed by atoms with E-state index in [0.29, 0.717) is 35.1 Å². The van der Waals surface area contributed by atoms with Crippen molar-refractivity contribution in [3.8, 4) is 5.88 Å². The molecule has 2 bridgehead atoms. The summed E-state index contributed by atoms with van der Waals surface area (Å²) in [6.45, 7) is 1.42. The van der Waals surface area contributed by atoms with E-state index in [1.807, 2.05) is 0 Å². The minimum Gasteiger partial charge on any atom is -0.481 e. The van der Waals surface area contributed by atoms with Gasteiger partial charge in [0.2, 0.25) is 5.88 Å². The molecule has 6 heteroatoms. The molecule has 5 rings (SSSR count). The molecule has 0 unspecified atom stereocenters. The molecular weight excluding hydrogens is 297 g/mol. The predicted molar refractivity (Wildman–Crippen MR) is 85.2 cm³/mol. The van der Waals surface area contributed by atoms with Crippen LogP contribution >= 0.6 is 0 Å². The van der Waals surface area contributed by atoms with Gasteiger partial charge in [0.1, 0.15) is 11.2 Å². The van der Waals surface area contributed by atoms with Crippen molar-refractivity contribution in [2.45, 2.75) is 31.3 Å². The fourth-order valence-electron chi connectivity index (χ4n) is 3.59. The Balaban J connectivity index is 1.64. The van der Waals surface area contributed by atoms with Gasteiger partial charge in [0.15, 0.2) is 5.82 Å². The predicted octanol–water partition coefficient (Wildman–Crippen LogP) is 3.15. The second-order valence-electron chi connectivity index (χ2n) is 6.49. The maximum Gasteiger partial charge on any atom is 0.213 e. The van der Waals surface area contributed by atoms with Crippen LogP contribution in [0.2, 0.25) is 0 Å². The van der Waals surface area contributed by atoms with Crippen LogP contribution in [0, 0.1) is 11.7 Å². The van der Waals surface area contributed by atoms with Gasteiger partial charge in [-0.2, -0.15) is 0 Å². The standard InChI is InChI=1S/C17H20FN3O2/c1-22-14-3-2-13-16(21-14)15(12(18)8-19-13)20-10-17-6-4-11(5-7-17)9-23-17/h2-3,8,11H,4-7,9-10H2,1H3,(H,19,20). The van der Waals surface area contributed by atoms with Crippen molar-refractivity contribution in [2.75, 3.05) is 25.6 Å². The number of aromatic nitrogens is 2. The zero-order valence-corrected chi connectivity index (χ0v) is 13.1. The van der Waals surface area contributed by atoms with Crippen molar-refractivity contribution in [3.05, 3.63) is 24.1 Å². The Morgan fingerprint density at radius 3 is 2.91 bits per heavy atom. The first-order valence-corrected chi connectivity index (χ1v) is 8.06. The van der Waals surface area contributed by atoms with E-state index < -0.39 is 5.82 Å². The first-order valence-electron chi connectivity index (χ1n) is 8.06. The topological polar surface area (TPSA) is 56.3 Å². The number of hydrogen-bond donors (Lipinski definition) is 1. The molecule has 0 amide bonds. The van der Waals surface area contributed by atoms with Gasteiger partial charge in [-0.05, 0) is 37.7 Å². The van der Waals surface area contributed by atoms with Gasteiger partial charge in [0, 0.05) is 12.6 Å². The number of halogens is 1. The smallest absolute Gasteiger partial charge is 0.213 e. The number of nitrogens with one attached hydrogen (secondary N) is 1. The highest BCUT2D eigenvalue weighted by Crippen LogP contribution is 2.41. The van der Waals surface area contributed by atoms with Gasteiger partial charge in [-0.15, -0.1) is 0 Å². The molecule has 3 aliphatic rings. The first-order chi connectivity index (χ1) is 11.2. The molecule has 2 saturated heterocycles. The summed E-state index contributed by atoms with van der Waals surface area (Å²) in [6.07, 6.45) is 5.70. The molecule has 3 fully saturated rings. The molecule has 1 aliphatic carbocycles. The van der Waals surface area contributed by atoms with Crippen LogP contribution in [0.4, 0.5) is 10.1 Å². The largest absolute Gasteiger partial charge is 0.481 e. The highest BCUT2D eigenvalue weighted by Gasteiger charge is 2.41. The Morgan fingerprint density at radius 2 is 2.22 bits per heavy atom. The number of fused-ring (bicyclic) bond motifs is 4. The maximum atomic E-state index is 14.3. The monoisotopic (exact) mass is 317 g/mol. The lowest BCUT2D eigenvalue weighted by Gasteiger charge is -2.46. The summed E-state index contributed by atoms with van der Waals surface area (Å²) in [4.78, 5) is 8.44. The van der Waals surface area contributed by atoms with E-state index in [1.54, 1.807) is 19.2 Å². The summed E-state index contributed by atoms with van der Waals surface area (Å²) < 4.78 is 25.5. The Bertz CT molecular complexity index is 715. The summed E-state index contributed by atoms with van der Waals surface area (Å²) in [7, 11) is 1.54. The number of pyridine rings is 2. The quantitative estimate of drug-likeness (QED) is 0.939. The number of rotatable bonds is 4. The number of hydrogen-bond acceptors (Lipinski definition) is 5. The van der Waals surface area contributed by atoms with Crippen LogP contribution in [0.15, 0.2) is 18.3 Å². The minimum absolute atomic E-state index is 0.171. The van der Waals surface area contributed by atoms with Gasteiger partial charge in [0.25, 0.3) is 0 Å². The fourth-order valence-corrected chi connectivity index (χ4v) is 3.59. The SMILES string of the molecule is COc1ccc2ncc(F)c(NCC34CCC(CC3)CO4)c2n1. The molecule has 0 spiro atoms. The van der Waals surface area contributed by atoms with Crippen molar-refractivity contribution in [3.63, 3.8) is 0 Å². The third kappa shape index (κ3) is 2.61. The molecule has 2 aromatic heterocycles. The van der Waals surface area contributed by atoms with Crippen LogP contribution < -0.4 is 10.1 Å². The van der Waals surface area contributed by atoms with Crippen molar-refractivity contribution < 1.29 is 13.9 Å². The van der Waals surface area contributed by atoms with Crippen LogP contribution in [0.5, 0.6) is 5.88 Å². The lowest BCUT2D eigenvalue weighted by molar-refractivity contribution is -0.135. The van der Waals surface area contributed by atoms with Gasteiger partial charge in [-0.25, -0.2) is 9.37 Å². The third-order valence-corrected chi connectivity index (χ3v) is 5.08. The first kappa shape index (κ1) is 14.6. The number of nitrogens with zero attached hydrogens (tertiary/aromatic N) is 2. The number of anilines is 1. The molecule has 1 N–H and O–H groups in total. The van der Waals surface area contributed by atoms with Crippen LogP contribution in [-0.2, 0) is 4.74 Å². The van der Waals surface area contributed by atoms with Gasteiger partial charge < -0.3 is 14.8 Å². The molecule has 0 radical (unpaired) electrons. The average molecular weight is 317 g/mol. The maximum absolute atomic E-state index is 14.3. The third-order valence-electron chi connectivity index (χ3n) is 5.08. The van der Waals surface area contributed by atoms with Gasteiger partial charge in [-0.1, -0.05) is 0 Å². The van der Waals surface area contributed by atoms with Crippen LogP contribution in [0.3, 0.4) is 0 Å². The Kier molecular flexibility index (Phi) is 3.56. The molecule has 2 aromatic rings. The van der Waals surface area contributed by atoms with Gasteiger partial charge in [0.05, 0.1) is 31.0 Å². The van der Waals surface area contributed by atoms with Crippen molar-refractivity contribution in [1.29, 1.82) is 0 Å².